The summed E-state index contributed by atoms with van der Waals surface area (Å²) in [5.74, 6) is 0. The quantitative estimate of drug-likeness (QED) is 0.617. The van der Waals surface area contributed by atoms with E-state index in [4.69, 9.17) is 0 Å². The molecule has 0 aliphatic heterocycles. The summed E-state index contributed by atoms with van der Waals surface area (Å²) < 4.78 is 23.3. The molecule has 0 aliphatic carbocycles. The summed E-state index contributed by atoms with van der Waals surface area (Å²) in [6.07, 6.45) is 1.07. The zero-order chi connectivity index (χ0) is 8.36. The predicted octanol–water partition coefficient (Wildman–Crippen LogP) is 0.625. The Balaban J connectivity index is 4.21. The third-order valence-electron chi connectivity index (χ3n) is 0.824. The van der Waals surface area contributed by atoms with Crippen LogP contribution in [0.25, 0.3) is 0 Å². The van der Waals surface area contributed by atoms with Gasteiger partial charge >= 0.3 is 0 Å². The number of allylic oxidation sites excluding steroid dienone is 1. The first-order valence-electron chi connectivity index (χ1n) is 2.65. The van der Waals surface area contributed by atoms with Gasteiger partial charge in [-0.2, -0.15) is 0 Å². The molecule has 0 unspecified atom stereocenters. The molecule has 0 saturated heterocycles. The molecule has 0 amide bonds. The molecule has 0 fully saturated rings. The van der Waals surface area contributed by atoms with Crippen LogP contribution in [0.1, 0.15) is 6.92 Å². The normalized spacial score (nSPS) is 10.6. The van der Waals surface area contributed by atoms with Crippen LogP contribution < -0.4 is 4.72 Å². The monoisotopic (exact) mass is 161 g/mol. The van der Waals surface area contributed by atoms with E-state index in [0.717, 1.165) is 6.26 Å². The van der Waals surface area contributed by atoms with Gasteiger partial charge in [-0.25, -0.2) is 8.42 Å². The summed E-state index contributed by atoms with van der Waals surface area (Å²) in [4.78, 5) is 0. The highest BCUT2D eigenvalue weighted by atomic mass is 32.2. The zero-order valence-corrected chi connectivity index (χ0v) is 6.96. The fourth-order valence-electron chi connectivity index (χ4n) is 0.311. The van der Waals surface area contributed by atoms with Crippen molar-refractivity contribution in [2.24, 2.45) is 0 Å². The standard InChI is InChI=1S/C6H11NO2S/c1-5(2)6(3)7-10(4,8)9/h7H,1,3H2,2,4H3. The van der Waals surface area contributed by atoms with Gasteiger partial charge in [-0.1, -0.05) is 13.2 Å². The predicted molar refractivity (Wildman–Crippen MR) is 41.9 cm³/mol. The van der Waals surface area contributed by atoms with E-state index in [1.807, 2.05) is 0 Å². The lowest BCUT2D eigenvalue weighted by molar-refractivity contribution is 0.595. The summed E-state index contributed by atoms with van der Waals surface area (Å²) in [6.45, 7) is 8.64. The highest BCUT2D eigenvalue weighted by molar-refractivity contribution is 7.88. The van der Waals surface area contributed by atoms with Gasteiger partial charge in [0, 0.05) is 5.70 Å². The van der Waals surface area contributed by atoms with Crippen molar-refractivity contribution in [3.63, 3.8) is 0 Å². The molecular formula is C6H11NO2S. The van der Waals surface area contributed by atoms with Gasteiger partial charge in [-0.3, -0.25) is 4.72 Å². The van der Waals surface area contributed by atoms with Gasteiger partial charge in [0.25, 0.3) is 0 Å². The van der Waals surface area contributed by atoms with Crippen molar-refractivity contribution in [3.8, 4) is 0 Å². The third-order valence-corrected chi connectivity index (χ3v) is 1.44. The number of sulfonamides is 1. The van der Waals surface area contributed by atoms with Crippen LogP contribution in [0, 0.1) is 0 Å². The van der Waals surface area contributed by atoms with E-state index in [1.54, 1.807) is 6.92 Å². The smallest absolute Gasteiger partial charge is 0.229 e. The Morgan fingerprint density at radius 3 is 1.90 bits per heavy atom. The summed E-state index contributed by atoms with van der Waals surface area (Å²) in [7, 11) is -3.18. The van der Waals surface area contributed by atoms with Crippen molar-refractivity contribution in [2.75, 3.05) is 6.26 Å². The van der Waals surface area contributed by atoms with Gasteiger partial charge < -0.3 is 0 Å². The molecule has 0 aromatic rings. The minimum atomic E-state index is -3.18. The van der Waals surface area contributed by atoms with Crippen molar-refractivity contribution >= 4 is 10.0 Å². The first kappa shape index (κ1) is 9.23. The fraction of sp³-hybridized carbons (Fsp3) is 0.333. The van der Waals surface area contributed by atoms with E-state index in [2.05, 4.69) is 17.9 Å². The molecule has 10 heavy (non-hydrogen) atoms. The second-order valence-corrected chi connectivity index (χ2v) is 3.88. The molecule has 0 rings (SSSR count). The molecule has 0 aromatic carbocycles. The molecule has 0 saturated carbocycles. The molecule has 0 aromatic heterocycles. The summed E-state index contributed by atoms with van der Waals surface area (Å²) in [5, 5.41) is 0. The number of hydrogen-bond acceptors (Lipinski definition) is 2. The van der Waals surface area contributed by atoms with Crippen molar-refractivity contribution in [3.05, 3.63) is 24.4 Å². The van der Waals surface area contributed by atoms with Gasteiger partial charge in [-0.05, 0) is 12.5 Å². The lowest BCUT2D eigenvalue weighted by Gasteiger charge is -2.04. The average Bonchev–Trinajstić information content (AvgIpc) is 1.60. The Morgan fingerprint density at radius 1 is 1.40 bits per heavy atom. The van der Waals surface area contributed by atoms with E-state index in [0.29, 0.717) is 11.3 Å². The van der Waals surface area contributed by atoms with E-state index < -0.39 is 10.0 Å². The van der Waals surface area contributed by atoms with Gasteiger partial charge in [0.15, 0.2) is 0 Å². The maximum Gasteiger partial charge on any atom is 0.229 e. The van der Waals surface area contributed by atoms with Gasteiger partial charge in [0.05, 0.1) is 6.26 Å². The van der Waals surface area contributed by atoms with E-state index in [1.165, 1.54) is 0 Å². The second-order valence-electron chi connectivity index (χ2n) is 2.13. The molecule has 0 aliphatic rings. The topological polar surface area (TPSA) is 46.2 Å². The number of rotatable bonds is 3. The van der Waals surface area contributed by atoms with Crippen LogP contribution in [0.5, 0.6) is 0 Å². The molecule has 4 heteroatoms. The summed E-state index contributed by atoms with van der Waals surface area (Å²) in [6, 6.07) is 0. The first-order chi connectivity index (χ1) is 4.33. The second kappa shape index (κ2) is 2.88. The van der Waals surface area contributed by atoms with Crippen LogP contribution in [0.2, 0.25) is 0 Å². The zero-order valence-electron chi connectivity index (χ0n) is 6.14. The van der Waals surface area contributed by atoms with E-state index in [-0.39, 0.29) is 0 Å². The van der Waals surface area contributed by atoms with E-state index in [9.17, 15) is 8.42 Å². The van der Waals surface area contributed by atoms with Crippen LogP contribution in [0.4, 0.5) is 0 Å². The largest absolute Gasteiger partial charge is 0.284 e. The van der Waals surface area contributed by atoms with Crippen LogP contribution in [-0.2, 0) is 10.0 Å². The lowest BCUT2D eigenvalue weighted by Crippen LogP contribution is -2.20. The molecular weight excluding hydrogens is 150 g/mol. The molecule has 0 heterocycles. The van der Waals surface area contributed by atoms with Crippen molar-refractivity contribution in [1.82, 2.24) is 4.72 Å². The maximum absolute atomic E-state index is 10.5. The van der Waals surface area contributed by atoms with Crippen molar-refractivity contribution < 1.29 is 8.42 Å². The van der Waals surface area contributed by atoms with Crippen LogP contribution in [-0.4, -0.2) is 14.7 Å². The lowest BCUT2D eigenvalue weighted by atomic mass is 10.3. The van der Waals surface area contributed by atoms with Crippen LogP contribution >= 0.6 is 0 Å². The molecule has 3 nitrogen and oxygen atoms in total. The highest BCUT2D eigenvalue weighted by Gasteiger charge is 2.01. The van der Waals surface area contributed by atoms with Gasteiger partial charge in [0.2, 0.25) is 10.0 Å². The molecule has 1 N–H and O–H groups in total. The van der Waals surface area contributed by atoms with Crippen molar-refractivity contribution in [2.45, 2.75) is 6.92 Å². The summed E-state index contributed by atoms with van der Waals surface area (Å²) >= 11 is 0. The fourth-order valence-corrected chi connectivity index (χ4v) is 0.933. The number of hydrogen-bond donors (Lipinski definition) is 1. The third kappa shape index (κ3) is 4.14. The van der Waals surface area contributed by atoms with Crippen molar-refractivity contribution in [1.29, 1.82) is 0 Å². The SMILES string of the molecule is C=C(C)C(=C)NS(C)(=O)=O. The Labute approximate surface area is 61.5 Å². The molecule has 58 valence electrons. The van der Waals surface area contributed by atoms with Gasteiger partial charge in [-0.15, -0.1) is 0 Å². The molecule has 0 atom stereocenters. The minimum absolute atomic E-state index is 0.336. The molecule has 0 radical (unpaired) electrons. The Hall–Kier alpha value is -0.770. The first-order valence-corrected chi connectivity index (χ1v) is 4.54. The van der Waals surface area contributed by atoms with Crippen LogP contribution in [0.15, 0.2) is 24.4 Å². The molecule has 0 spiro atoms. The Bertz CT molecular complexity index is 251. The minimum Gasteiger partial charge on any atom is -0.284 e. The van der Waals surface area contributed by atoms with E-state index >= 15 is 0 Å². The van der Waals surface area contributed by atoms with Crippen LogP contribution in [0.3, 0.4) is 0 Å². The Kier molecular flexibility index (Phi) is 2.65. The van der Waals surface area contributed by atoms with Gasteiger partial charge in [0.1, 0.15) is 0 Å². The Morgan fingerprint density at radius 2 is 1.80 bits per heavy atom. The average molecular weight is 161 g/mol. The highest BCUT2D eigenvalue weighted by Crippen LogP contribution is 1.99. The maximum atomic E-state index is 10.5. The summed E-state index contributed by atoms with van der Waals surface area (Å²) in [5.41, 5.74) is 0.952. The molecule has 0 bridgehead atoms. The number of nitrogens with one attached hydrogen (secondary N) is 1.